The molecule has 17 heavy (non-hydrogen) atoms. The zero-order valence-corrected chi connectivity index (χ0v) is 11.3. The van der Waals surface area contributed by atoms with Crippen molar-refractivity contribution in [3.8, 4) is 0 Å². The van der Waals surface area contributed by atoms with E-state index in [1.807, 2.05) is 0 Å². The van der Waals surface area contributed by atoms with Crippen molar-refractivity contribution in [2.45, 2.75) is 51.6 Å². The Balaban J connectivity index is 2.85. The molecule has 0 bridgehead atoms. The highest BCUT2D eigenvalue weighted by atomic mass is 31.2. The smallest absolute Gasteiger partial charge is 0.305 e. The summed E-state index contributed by atoms with van der Waals surface area (Å²) >= 11 is 0. The first-order chi connectivity index (χ1) is 7.98. The molecule has 1 aliphatic rings. The number of hydrogen-bond donors (Lipinski definition) is 0. The molecule has 0 saturated heterocycles. The Morgan fingerprint density at radius 3 is 2.00 bits per heavy atom. The van der Waals surface area contributed by atoms with Gasteiger partial charge in [-0.3, -0.25) is 4.57 Å². The fourth-order valence-electron chi connectivity index (χ4n) is 2.22. The van der Waals surface area contributed by atoms with Crippen LogP contribution in [0.5, 0.6) is 0 Å². The Morgan fingerprint density at radius 2 is 1.59 bits per heavy atom. The van der Waals surface area contributed by atoms with E-state index >= 15 is 0 Å². The molecule has 102 valence electrons. The Kier molecular flexibility index (Phi) is 5.55. The fraction of sp³-hybridized carbons (Fsp3) is 1.00. The molecular weight excluding hydrogens is 249 g/mol. The third-order valence-corrected chi connectivity index (χ3v) is 5.35. The van der Waals surface area contributed by atoms with Gasteiger partial charge in [-0.1, -0.05) is 19.3 Å². The lowest BCUT2D eigenvalue weighted by molar-refractivity contribution is -0.0254. The molecule has 0 aromatic heterocycles. The van der Waals surface area contributed by atoms with E-state index < -0.39 is 19.2 Å². The normalized spacial score (nSPS) is 19.5. The van der Waals surface area contributed by atoms with E-state index in [0.29, 0.717) is 12.8 Å². The van der Waals surface area contributed by atoms with Crippen LogP contribution in [0.3, 0.4) is 0 Å². The maximum Gasteiger partial charge on any atom is 0.399 e. The van der Waals surface area contributed by atoms with Crippen LogP contribution >= 0.6 is 7.60 Å². The molecule has 0 spiro atoms. The fourth-order valence-corrected chi connectivity index (χ4v) is 4.03. The van der Waals surface area contributed by atoms with Gasteiger partial charge in [0.15, 0.2) is 0 Å². The van der Waals surface area contributed by atoms with Crippen LogP contribution in [-0.2, 0) is 13.6 Å². The van der Waals surface area contributed by atoms with E-state index in [2.05, 4.69) is 0 Å². The Hall–Kier alpha value is 0.01000. The Labute approximate surface area is 101 Å². The Morgan fingerprint density at radius 1 is 1.12 bits per heavy atom. The summed E-state index contributed by atoms with van der Waals surface area (Å²) in [6.45, 7) is 3.03. The van der Waals surface area contributed by atoms with Gasteiger partial charge >= 0.3 is 13.3 Å². The van der Waals surface area contributed by atoms with Gasteiger partial charge in [-0.2, -0.15) is 8.78 Å². The number of hydrogen-bond acceptors (Lipinski definition) is 3. The molecule has 0 aromatic carbocycles. The zero-order valence-electron chi connectivity index (χ0n) is 10.5. The molecule has 1 rings (SSSR count). The largest absolute Gasteiger partial charge is 0.399 e. The highest BCUT2D eigenvalue weighted by Crippen LogP contribution is 2.66. The molecule has 6 heteroatoms. The maximum atomic E-state index is 14.2. The van der Waals surface area contributed by atoms with Crippen LogP contribution < -0.4 is 0 Å². The highest BCUT2D eigenvalue weighted by Gasteiger charge is 2.58. The van der Waals surface area contributed by atoms with E-state index in [1.165, 1.54) is 0 Å². The predicted molar refractivity (Wildman–Crippen MR) is 62.4 cm³/mol. The lowest BCUT2D eigenvalue weighted by atomic mass is 9.89. The molecule has 0 aliphatic heterocycles. The van der Waals surface area contributed by atoms with Crippen molar-refractivity contribution < 1.29 is 22.4 Å². The van der Waals surface area contributed by atoms with E-state index in [4.69, 9.17) is 9.05 Å². The quantitative estimate of drug-likeness (QED) is 0.670. The molecule has 0 unspecified atom stereocenters. The van der Waals surface area contributed by atoms with Crippen molar-refractivity contribution in [2.75, 3.05) is 13.2 Å². The molecule has 0 aromatic rings. The molecular formula is C11H21F2O3P. The average molecular weight is 270 g/mol. The summed E-state index contributed by atoms with van der Waals surface area (Å²) in [5.41, 5.74) is -3.36. The maximum absolute atomic E-state index is 14.2. The predicted octanol–water partition coefficient (Wildman–Crippen LogP) is 4.43. The van der Waals surface area contributed by atoms with Gasteiger partial charge in [0, 0.05) is 5.92 Å². The van der Waals surface area contributed by atoms with E-state index in [9.17, 15) is 13.3 Å². The summed E-state index contributed by atoms with van der Waals surface area (Å²) in [7, 11) is -4.32. The van der Waals surface area contributed by atoms with Gasteiger partial charge in [-0.05, 0) is 26.7 Å². The van der Waals surface area contributed by atoms with E-state index in [1.54, 1.807) is 13.8 Å². The molecule has 1 fully saturated rings. The second-order valence-electron chi connectivity index (χ2n) is 4.26. The van der Waals surface area contributed by atoms with Gasteiger partial charge in [-0.15, -0.1) is 0 Å². The minimum absolute atomic E-state index is 0.0282. The molecule has 1 aliphatic carbocycles. The second kappa shape index (κ2) is 6.26. The van der Waals surface area contributed by atoms with Crippen LogP contribution in [0.2, 0.25) is 0 Å². The third kappa shape index (κ3) is 3.27. The minimum Gasteiger partial charge on any atom is -0.305 e. The first kappa shape index (κ1) is 15.1. The Bertz CT molecular complexity index is 268. The van der Waals surface area contributed by atoms with E-state index in [0.717, 1.165) is 19.3 Å². The monoisotopic (exact) mass is 270 g/mol. The molecule has 0 radical (unpaired) electrons. The van der Waals surface area contributed by atoms with Crippen molar-refractivity contribution in [3.05, 3.63) is 0 Å². The summed E-state index contributed by atoms with van der Waals surface area (Å²) in [6, 6.07) is 0. The molecule has 0 N–H and O–H groups in total. The summed E-state index contributed by atoms with van der Waals surface area (Å²) < 4.78 is 50.1. The first-order valence-corrected chi connectivity index (χ1v) is 7.79. The minimum atomic E-state index is -4.32. The lowest BCUT2D eigenvalue weighted by Crippen LogP contribution is -2.32. The standard InChI is InChI=1S/C11H21F2O3P/c1-3-15-17(14,16-4-2)11(12,13)10-8-6-5-7-9-10/h10H,3-9H2,1-2H3. The van der Waals surface area contributed by atoms with E-state index in [-0.39, 0.29) is 13.2 Å². The average Bonchev–Trinajstić information content (AvgIpc) is 2.30. The molecule has 0 atom stereocenters. The van der Waals surface area contributed by atoms with Crippen LogP contribution in [0.4, 0.5) is 8.78 Å². The lowest BCUT2D eigenvalue weighted by Gasteiger charge is -2.33. The highest BCUT2D eigenvalue weighted by molar-refractivity contribution is 7.55. The van der Waals surface area contributed by atoms with Crippen molar-refractivity contribution in [2.24, 2.45) is 5.92 Å². The van der Waals surface area contributed by atoms with Crippen LogP contribution in [0, 0.1) is 5.92 Å². The van der Waals surface area contributed by atoms with Gasteiger partial charge < -0.3 is 9.05 Å². The van der Waals surface area contributed by atoms with Gasteiger partial charge in [0.2, 0.25) is 0 Å². The SMILES string of the molecule is CCOP(=O)(OCC)C(F)(F)C1CCCCC1. The van der Waals surface area contributed by atoms with Crippen LogP contribution in [-0.4, -0.2) is 18.9 Å². The van der Waals surface area contributed by atoms with Gasteiger partial charge in [0.25, 0.3) is 0 Å². The number of halogens is 2. The summed E-state index contributed by atoms with van der Waals surface area (Å²) in [5, 5.41) is 0. The van der Waals surface area contributed by atoms with Gasteiger partial charge in [0.05, 0.1) is 13.2 Å². The number of alkyl halides is 2. The molecule has 0 heterocycles. The molecule has 0 amide bonds. The van der Waals surface area contributed by atoms with Crippen molar-refractivity contribution in [1.29, 1.82) is 0 Å². The number of rotatable bonds is 6. The summed E-state index contributed by atoms with van der Waals surface area (Å²) in [4.78, 5) is 0. The van der Waals surface area contributed by atoms with Crippen molar-refractivity contribution in [1.82, 2.24) is 0 Å². The van der Waals surface area contributed by atoms with Gasteiger partial charge in [-0.25, -0.2) is 0 Å². The molecule has 1 saturated carbocycles. The summed E-state index contributed by atoms with van der Waals surface area (Å²) in [5.74, 6) is -0.875. The third-order valence-electron chi connectivity index (χ3n) is 3.06. The first-order valence-electron chi connectivity index (χ1n) is 6.25. The topological polar surface area (TPSA) is 35.5 Å². The summed E-state index contributed by atoms with van der Waals surface area (Å²) in [6.07, 6.45) is 3.30. The van der Waals surface area contributed by atoms with Gasteiger partial charge in [0.1, 0.15) is 0 Å². The van der Waals surface area contributed by atoms with Crippen LogP contribution in [0.25, 0.3) is 0 Å². The second-order valence-corrected chi connectivity index (χ2v) is 6.36. The van der Waals surface area contributed by atoms with Crippen molar-refractivity contribution in [3.63, 3.8) is 0 Å². The van der Waals surface area contributed by atoms with Crippen LogP contribution in [0.1, 0.15) is 46.0 Å². The zero-order chi connectivity index (χ0) is 12.9. The van der Waals surface area contributed by atoms with Crippen molar-refractivity contribution >= 4 is 7.60 Å². The van der Waals surface area contributed by atoms with Crippen LogP contribution in [0.15, 0.2) is 0 Å². The molecule has 3 nitrogen and oxygen atoms in total.